The Hall–Kier alpha value is -2.53. The van der Waals surface area contributed by atoms with Gasteiger partial charge in [0.05, 0.1) is 18.8 Å². The molecule has 0 saturated carbocycles. The van der Waals surface area contributed by atoms with E-state index in [9.17, 15) is 24.6 Å². The second-order valence-electron chi connectivity index (χ2n) is 12.7. The van der Waals surface area contributed by atoms with Gasteiger partial charge in [-0.3, -0.25) is 4.79 Å². The number of hydrogen-bond acceptors (Lipinski definition) is 10. The first-order chi connectivity index (χ1) is 19.9. The fraction of sp³-hybridized carbons (Fsp3) is 0.727. The summed E-state index contributed by atoms with van der Waals surface area (Å²) in [6.07, 6.45) is -1.09. The number of ether oxygens (including phenoxy) is 5. The van der Waals surface area contributed by atoms with Crippen LogP contribution in [0.1, 0.15) is 89.5 Å². The molecular weight excluding hydrogens is 556 g/mol. The molecule has 2 N–H and O–H groups in total. The quantitative estimate of drug-likeness (QED) is 0.122. The van der Waals surface area contributed by atoms with Crippen molar-refractivity contribution in [3.63, 3.8) is 0 Å². The molecule has 0 bridgehead atoms. The largest absolute Gasteiger partial charge is 0.463 e. The Morgan fingerprint density at radius 3 is 1.86 bits per heavy atom. The first kappa shape index (κ1) is 38.5. The monoisotopic (exact) mass is 610 g/mol. The lowest BCUT2D eigenvalue weighted by Gasteiger charge is -2.45. The molecule has 1 fully saturated rings. The molecule has 0 spiro atoms. The maximum atomic E-state index is 12.8. The minimum absolute atomic E-state index is 0.0169. The predicted octanol–water partition coefficient (Wildman–Crippen LogP) is 4.81. The van der Waals surface area contributed by atoms with Crippen molar-refractivity contribution in [2.24, 2.45) is 16.7 Å². The van der Waals surface area contributed by atoms with Crippen LogP contribution in [0.3, 0.4) is 0 Å². The van der Waals surface area contributed by atoms with Crippen LogP contribution in [-0.2, 0) is 38.1 Å². The number of aliphatic hydroxyl groups is 2. The van der Waals surface area contributed by atoms with E-state index in [-0.39, 0.29) is 19.1 Å². The molecule has 43 heavy (non-hydrogen) atoms. The van der Waals surface area contributed by atoms with Crippen molar-refractivity contribution in [3.05, 3.63) is 34.9 Å². The maximum Gasteiger partial charge on any atom is 0.333 e. The molecule has 10 nitrogen and oxygen atoms in total. The second-order valence-corrected chi connectivity index (χ2v) is 12.7. The third-order valence-corrected chi connectivity index (χ3v) is 8.21. The average molecular weight is 611 g/mol. The maximum absolute atomic E-state index is 12.8. The smallest absolute Gasteiger partial charge is 0.333 e. The van der Waals surface area contributed by atoms with Crippen LogP contribution in [0.4, 0.5) is 0 Å². The van der Waals surface area contributed by atoms with Crippen LogP contribution in [0.25, 0.3) is 0 Å². The van der Waals surface area contributed by atoms with E-state index in [1.807, 2.05) is 40.7 Å². The third kappa shape index (κ3) is 10.6. The van der Waals surface area contributed by atoms with E-state index in [2.05, 4.69) is 6.92 Å². The van der Waals surface area contributed by atoms with Gasteiger partial charge >= 0.3 is 17.9 Å². The highest BCUT2D eigenvalue weighted by Gasteiger charge is 2.50. The molecule has 246 valence electrons. The second kappa shape index (κ2) is 16.5. The van der Waals surface area contributed by atoms with E-state index in [0.717, 1.165) is 5.57 Å². The number of esters is 3. The van der Waals surface area contributed by atoms with Crippen LogP contribution in [0.15, 0.2) is 34.9 Å². The van der Waals surface area contributed by atoms with Crippen LogP contribution >= 0.6 is 0 Å². The third-order valence-electron chi connectivity index (χ3n) is 8.21. The van der Waals surface area contributed by atoms with Crippen LogP contribution < -0.4 is 0 Å². The lowest BCUT2D eigenvalue weighted by Crippen LogP contribution is -2.61. The summed E-state index contributed by atoms with van der Waals surface area (Å²) in [6, 6.07) is 0. The van der Waals surface area contributed by atoms with Gasteiger partial charge in [0, 0.05) is 23.5 Å². The Bertz CT molecular complexity index is 1050. The summed E-state index contributed by atoms with van der Waals surface area (Å²) in [6.45, 7) is 21.2. The molecule has 7 atom stereocenters. The summed E-state index contributed by atoms with van der Waals surface area (Å²) in [5, 5.41) is 21.5. The molecule has 0 aromatic heterocycles. The number of rotatable bonds is 14. The first-order valence-corrected chi connectivity index (χ1v) is 14.9. The zero-order valence-electron chi connectivity index (χ0n) is 28.1. The van der Waals surface area contributed by atoms with E-state index in [1.54, 1.807) is 46.8 Å². The van der Waals surface area contributed by atoms with Crippen molar-refractivity contribution in [1.29, 1.82) is 0 Å². The fourth-order valence-corrected chi connectivity index (χ4v) is 5.33. The van der Waals surface area contributed by atoms with Crippen LogP contribution in [0, 0.1) is 16.7 Å². The summed E-state index contributed by atoms with van der Waals surface area (Å²) in [4.78, 5) is 37.2. The first-order valence-electron chi connectivity index (χ1n) is 14.9. The highest BCUT2D eigenvalue weighted by Crippen LogP contribution is 2.41. The van der Waals surface area contributed by atoms with Crippen molar-refractivity contribution < 1.29 is 48.3 Å². The molecule has 1 aliphatic heterocycles. The molecule has 0 aromatic rings. The normalized spacial score (nSPS) is 25.5. The van der Waals surface area contributed by atoms with Gasteiger partial charge in [0.15, 0.2) is 18.5 Å². The van der Waals surface area contributed by atoms with Crippen molar-refractivity contribution in [3.8, 4) is 0 Å². The lowest BCUT2D eigenvalue weighted by molar-refractivity contribution is -0.317. The number of allylic oxidation sites excluding steroid dienone is 3. The van der Waals surface area contributed by atoms with Gasteiger partial charge in [-0.1, -0.05) is 58.4 Å². The van der Waals surface area contributed by atoms with E-state index in [1.165, 1.54) is 6.92 Å². The average Bonchev–Trinajstić information content (AvgIpc) is 2.93. The Balaban J connectivity index is 3.42. The molecule has 0 amide bonds. The van der Waals surface area contributed by atoms with E-state index < -0.39 is 65.5 Å². The van der Waals surface area contributed by atoms with Gasteiger partial charge in [0.25, 0.3) is 0 Å². The van der Waals surface area contributed by atoms with Crippen LogP contribution in [0.2, 0.25) is 0 Å². The predicted molar refractivity (Wildman–Crippen MR) is 163 cm³/mol. The van der Waals surface area contributed by atoms with Crippen molar-refractivity contribution >= 4 is 17.9 Å². The lowest BCUT2D eigenvalue weighted by atomic mass is 9.70. The van der Waals surface area contributed by atoms with Gasteiger partial charge in [-0.2, -0.15) is 0 Å². The zero-order valence-corrected chi connectivity index (χ0v) is 28.1. The molecule has 10 heteroatoms. The van der Waals surface area contributed by atoms with Gasteiger partial charge < -0.3 is 33.9 Å². The summed E-state index contributed by atoms with van der Waals surface area (Å²) >= 11 is 0. The van der Waals surface area contributed by atoms with Crippen LogP contribution in [0.5, 0.6) is 0 Å². The van der Waals surface area contributed by atoms with E-state index >= 15 is 0 Å². The summed E-state index contributed by atoms with van der Waals surface area (Å²) in [7, 11) is 0. The van der Waals surface area contributed by atoms with Gasteiger partial charge in [-0.25, -0.2) is 9.59 Å². The Kier molecular flexibility index (Phi) is 14.8. The van der Waals surface area contributed by atoms with Gasteiger partial charge in [0.1, 0.15) is 12.7 Å². The minimum Gasteiger partial charge on any atom is -0.463 e. The topological polar surface area (TPSA) is 138 Å². The van der Waals surface area contributed by atoms with Gasteiger partial charge in [0.2, 0.25) is 0 Å². The van der Waals surface area contributed by atoms with Crippen molar-refractivity contribution in [1.82, 2.24) is 0 Å². The number of hydrogen-bond donors (Lipinski definition) is 2. The Morgan fingerprint density at radius 1 is 0.907 bits per heavy atom. The number of carbonyl (C=O) groups is 3. The molecule has 1 saturated heterocycles. The molecule has 0 aliphatic carbocycles. The van der Waals surface area contributed by atoms with Crippen LogP contribution in [-0.4, -0.2) is 78.1 Å². The highest BCUT2D eigenvalue weighted by atomic mass is 16.7. The van der Waals surface area contributed by atoms with Gasteiger partial charge in [-0.05, 0) is 59.3 Å². The van der Waals surface area contributed by atoms with E-state index in [4.69, 9.17) is 23.7 Å². The number of aliphatic hydroxyl groups excluding tert-OH is 2. The SMILES string of the molecule is C/C=C(/C)C(=O)OC1C(O)[C@H](O[C@@H](COC(C)=O)C(C)(C)CC(C)/C(=C/C)C(C)(C)CO)OC(C)[C@@H]1OC(=O)/C(C)=C\C. The standard InChI is InChI=1S/C33H54O10/c1-13-19(4)29(37)42-27-22(7)40-31(26(36)28(27)43-30(38)20(5)14-2)41-25(17-39-23(8)35)32(9,10)16-21(6)24(15-3)33(11,12)18-34/h13-15,21-22,25-28,31,34,36H,16-18H2,1-12H3/b19-13-,20-14-,24-15-/t21?,22?,25-,26?,27-,28?,31-/m0/s1. The summed E-state index contributed by atoms with van der Waals surface area (Å²) in [5.74, 6) is -1.78. The zero-order chi connectivity index (χ0) is 33.3. The molecular formula is C33H54O10. The number of carbonyl (C=O) groups excluding carboxylic acids is 3. The molecule has 1 rings (SSSR count). The molecule has 1 heterocycles. The highest BCUT2D eigenvalue weighted by molar-refractivity contribution is 5.88. The minimum atomic E-state index is -1.54. The van der Waals surface area contributed by atoms with Crippen molar-refractivity contribution in [2.45, 2.75) is 126 Å². The summed E-state index contributed by atoms with van der Waals surface area (Å²) in [5.41, 5.74) is 0.670. The molecule has 0 radical (unpaired) electrons. The summed E-state index contributed by atoms with van der Waals surface area (Å²) < 4.78 is 29.1. The van der Waals surface area contributed by atoms with Gasteiger partial charge in [-0.15, -0.1) is 0 Å². The van der Waals surface area contributed by atoms with E-state index in [0.29, 0.717) is 17.6 Å². The fourth-order valence-electron chi connectivity index (χ4n) is 5.33. The van der Waals surface area contributed by atoms with Crippen molar-refractivity contribution in [2.75, 3.05) is 13.2 Å². The Labute approximate surface area is 257 Å². The molecule has 1 aliphatic rings. The Morgan fingerprint density at radius 2 is 1.42 bits per heavy atom. The molecule has 4 unspecified atom stereocenters. The molecule has 0 aromatic carbocycles.